The zero-order valence-electron chi connectivity index (χ0n) is 19.8. The number of carbonyl (C=O) groups is 1. The first kappa shape index (κ1) is 24.4. The van der Waals surface area contributed by atoms with E-state index in [2.05, 4.69) is 44.9 Å². The van der Waals surface area contributed by atoms with Crippen molar-refractivity contribution in [2.24, 2.45) is 0 Å². The van der Waals surface area contributed by atoms with E-state index in [0.29, 0.717) is 32.5 Å². The number of pyridine rings is 1. The summed E-state index contributed by atoms with van der Waals surface area (Å²) in [4.78, 5) is 18.6. The summed E-state index contributed by atoms with van der Waals surface area (Å²) in [6.07, 6.45) is 2.53. The minimum absolute atomic E-state index is 0.144. The van der Waals surface area contributed by atoms with E-state index in [1.165, 1.54) is 0 Å². The van der Waals surface area contributed by atoms with Gasteiger partial charge in [0.05, 0.1) is 18.4 Å². The van der Waals surface area contributed by atoms with Crippen LogP contribution in [0.25, 0.3) is 0 Å². The van der Waals surface area contributed by atoms with Gasteiger partial charge in [-0.1, -0.05) is 20.8 Å². The molecule has 6 nitrogen and oxygen atoms in total. The second-order valence-electron chi connectivity index (χ2n) is 10.8. The molecule has 0 aliphatic carbocycles. The van der Waals surface area contributed by atoms with E-state index in [1.54, 1.807) is 11.1 Å². The van der Waals surface area contributed by atoms with E-state index < -0.39 is 19.3 Å². The average Bonchev–Trinajstić information content (AvgIpc) is 2.64. The summed E-state index contributed by atoms with van der Waals surface area (Å²) in [5.74, 6) is 0. The van der Waals surface area contributed by atoms with Gasteiger partial charge in [0.25, 0.3) is 0 Å². The predicted octanol–water partition coefficient (Wildman–Crippen LogP) is 5.40. The molecule has 0 aromatic carbocycles. The van der Waals surface area contributed by atoms with Gasteiger partial charge in [0.15, 0.2) is 8.32 Å². The van der Waals surface area contributed by atoms with Crippen molar-refractivity contribution in [2.75, 3.05) is 13.1 Å². The first-order valence-electron chi connectivity index (χ1n) is 10.7. The van der Waals surface area contributed by atoms with Crippen LogP contribution in [0, 0.1) is 11.3 Å². The van der Waals surface area contributed by atoms with Gasteiger partial charge in [0.2, 0.25) is 0 Å². The number of carbonyl (C=O) groups excluding carboxylic acids is 1. The monoisotopic (exact) mass is 431 g/mol. The van der Waals surface area contributed by atoms with Gasteiger partial charge in [-0.3, -0.25) is 4.98 Å². The number of hydrogen-bond donors (Lipinski definition) is 0. The highest BCUT2D eigenvalue weighted by molar-refractivity contribution is 6.74. The number of nitriles is 1. The molecule has 0 bridgehead atoms. The molecule has 0 spiro atoms. The normalized spacial score (nSPS) is 17.4. The number of likely N-dealkylation sites (tertiary alicyclic amines) is 1. The van der Waals surface area contributed by atoms with E-state index in [0.717, 1.165) is 11.3 Å². The molecule has 0 radical (unpaired) electrons. The molecule has 30 heavy (non-hydrogen) atoms. The lowest BCUT2D eigenvalue weighted by atomic mass is 9.76. The molecule has 1 aliphatic heterocycles. The smallest absolute Gasteiger partial charge is 0.410 e. The topological polar surface area (TPSA) is 75.5 Å². The molecule has 0 N–H and O–H groups in total. The molecule has 0 unspecified atom stereocenters. The van der Waals surface area contributed by atoms with Crippen molar-refractivity contribution < 1.29 is 14.0 Å². The van der Waals surface area contributed by atoms with Crippen LogP contribution in [0.3, 0.4) is 0 Å². The lowest BCUT2D eigenvalue weighted by molar-refractivity contribution is 0.0184. The number of ether oxygens (including phenoxy) is 1. The lowest BCUT2D eigenvalue weighted by Crippen LogP contribution is -2.46. The molecular weight excluding hydrogens is 394 g/mol. The molecule has 2 heterocycles. The third kappa shape index (κ3) is 5.83. The van der Waals surface area contributed by atoms with Crippen LogP contribution >= 0.6 is 0 Å². The molecule has 1 aliphatic rings. The van der Waals surface area contributed by atoms with Crippen LogP contribution in [0.5, 0.6) is 0 Å². The Morgan fingerprint density at radius 2 is 1.83 bits per heavy atom. The van der Waals surface area contributed by atoms with Gasteiger partial charge in [-0.2, -0.15) is 5.26 Å². The van der Waals surface area contributed by atoms with Crippen LogP contribution in [0.4, 0.5) is 4.79 Å². The zero-order chi connectivity index (χ0) is 22.8. The highest BCUT2D eigenvalue weighted by Gasteiger charge is 2.40. The van der Waals surface area contributed by atoms with Crippen LogP contribution in [-0.4, -0.2) is 43.0 Å². The van der Waals surface area contributed by atoms with Gasteiger partial charge in [-0.25, -0.2) is 4.79 Å². The average molecular weight is 432 g/mol. The van der Waals surface area contributed by atoms with E-state index in [9.17, 15) is 10.1 Å². The third-order valence-electron chi connectivity index (χ3n) is 6.20. The van der Waals surface area contributed by atoms with Crippen molar-refractivity contribution in [1.82, 2.24) is 9.88 Å². The minimum atomic E-state index is -1.86. The summed E-state index contributed by atoms with van der Waals surface area (Å²) < 4.78 is 11.8. The summed E-state index contributed by atoms with van der Waals surface area (Å²) in [7, 11) is -1.86. The second-order valence-corrected chi connectivity index (χ2v) is 15.6. The van der Waals surface area contributed by atoms with Gasteiger partial charge in [0.1, 0.15) is 11.0 Å². The fraction of sp³-hybridized carbons (Fsp3) is 0.696. The third-order valence-corrected chi connectivity index (χ3v) is 10.7. The zero-order valence-corrected chi connectivity index (χ0v) is 20.8. The summed E-state index contributed by atoms with van der Waals surface area (Å²) >= 11 is 0. The Morgan fingerprint density at radius 3 is 2.33 bits per heavy atom. The van der Waals surface area contributed by atoms with E-state index in [1.807, 2.05) is 32.9 Å². The number of rotatable bonds is 4. The molecule has 1 aromatic heterocycles. The van der Waals surface area contributed by atoms with Gasteiger partial charge >= 0.3 is 6.09 Å². The quantitative estimate of drug-likeness (QED) is 0.597. The van der Waals surface area contributed by atoms with Crippen molar-refractivity contribution >= 4 is 14.4 Å². The maximum Gasteiger partial charge on any atom is 0.410 e. The molecule has 1 aromatic rings. The Balaban J connectivity index is 2.10. The predicted molar refractivity (Wildman–Crippen MR) is 121 cm³/mol. The van der Waals surface area contributed by atoms with E-state index in [-0.39, 0.29) is 11.1 Å². The largest absolute Gasteiger partial charge is 0.444 e. The molecule has 7 heteroatoms. The van der Waals surface area contributed by atoms with E-state index >= 15 is 0 Å². The van der Waals surface area contributed by atoms with Crippen LogP contribution in [0.15, 0.2) is 18.3 Å². The van der Waals surface area contributed by atoms with Crippen LogP contribution in [-0.2, 0) is 21.2 Å². The van der Waals surface area contributed by atoms with Gasteiger partial charge in [-0.15, -0.1) is 0 Å². The van der Waals surface area contributed by atoms with Crippen molar-refractivity contribution in [3.63, 3.8) is 0 Å². The van der Waals surface area contributed by atoms with Crippen molar-refractivity contribution in [3.05, 3.63) is 29.6 Å². The Hall–Kier alpha value is -1.91. The number of amides is 1. The molecule has 1 amide bonds. The Morgan fingerprint density at radius 1 is 1.23 bits per heavy atom. The summed E-state index contributed by atoms with van der Waals surface area (Å²) in [6.45, 7) is 18.2. The molecule has 1 fully saturated rings. The highest BCUT2D eigenvalue weighted by atomic mass is 28.4. The van der Waals surface area contributed by atoms with E-state index in [4.69, 9.17) is 9.16 Å². The maximum absolute atomic E-state index is 12.4. The van der Waals surface area contributed by atoms with Gasteiger partial charge < -0.3 is 14.1 Å². The second kappa shape index (κ2) is 8.68. The lowest BCUT2D eigenvalue weighted by Gasteiger charge is -2.38. The first-order valence-corrected chi connectivity index (χ1v) is 13.6. The fourth-order valence-corrected chi connectivity index (χ4v) is 4.09. The van der Waals surface area contributed by atoms with Crippen molar-refractivity contribution in [2.45, 2.75) is 90.1 Å². The summed E-state index contributed by atoms with van der Waals surface area (Å²) in [6, 6.07) is 6.45. The Kier molecular flexibility index (Phi) is 7.05. The number of piperidine rings is 1. The summed E-state index contributed by atoms with van der Waals surface area (Å²) in [5.41, 5.74) is 0.589. The van der Waals surface area contributed by atoms with Crippen LogP contribution in [0.1, 0.15) is 65.6 Å². The molecular formula is C23H37N3O3Si. The number of aromatic nitrogens is 1. The minimum Gasteiger partial charge on any atom is -0.444 e. The SMILES string of the molecule is CC(C)(C)OC(=O)N1CCC(C#N)(c2cc(CO[Si](C)(C)C(C)(C)C)ccn2)CC1. The van der Waals surface area contributed by atoms with Crippen molar-refractivity contribution in [1.29, 1.82) is 5.26 Å². The van der Waals surface area contributed by atoms with Crippen LogP contribution in [0.2, 0.25) is 18.1 Å². The number of nitrogens with zero attached hydrogens (tertiary/aromatic N) is 3. The Bertz CT molecular complexity index is 795. The molecule has 0 atom stereocenters. The molecule has 1 saturated heterocycles. The Labute approximate surface area is 182 Å². The van der Waals surface area contributed by atoms with Gasteiger partial charge in [-0.05, 0) is 69.4 Å². The maximum atomic E-state index is 12.4. The number of hydrogen-bond acceptors (Lipinski definition) is 5. The highest BCUT2D eigenvalue weighted by Crippen LogP contribution is 2.38. The molecule has 166 valence electrons. The van der Waals surface area contributed by atoms with Crippen LogP contribution < -0.4 is 0 Å². The summed E-state index contributed by atoms with van der Waals surface area (Å²) in [5, 5.41) is 10.2. The molecule has 2 rings (SSSR count). The standard InChI is InChI=1S/C23H37N3O3Si/c1-21(2,3)29-20(27)26-13-10-23(17-24,11-14-26)19-15-18(9-12-25-19)16-28-30(7,8)22(4,5)6/h9,12,15H,10-11,13-14,16H2,1-8H3. The fourth-order valence-electron chi connectivity index (χ4n) is 3.13. The molecule has 0 saturated carbocycles. The first-order chi connectivity index (χ1) is 13.7. The van der Waals surface area contributed by atoms with Crippen molar-refractivity contribution in [3.8, 4) is 6.07 Å². The van der Waals surface area contributed by atoms with Gasteiger partial charge in [0, 0.05) is 19.3 Å².